The second-order valence-electron chi connectivity index (χ2n) is 4.57. The monoisotopic (exact) mass is 285 g/mol. The fourth-order valence-electron chi connectivity index (χ4n) is 1.56. The van der Waals surface area contributed by atoms with Crippen molar-refractivity contribution >= 4 is 23.2 Å². The molecule has 0 unspecified atom stereocenters. The van der Waals surface area contributed by atoms with Crippen LogP contribution in [0.4, 0.5) is 5.69 Å². The lowest BCUT2D eigenvalue weighted by molar-refractivity contribution is -0.385. The molecular formula is C12H16ClN3O3. The Balaban J connectivity index is 2.70. The van der Waals surface area contributed by atoms with E-state index in [0.717, 1.165) is 19.0 Å². The van der Waals surface area contributed by atoms with Crippen LogP contribution in [-0.4, -0.2) is 22.4 Å². The van der Waals surface area contributed by atoms with Crippen molar-refractivity contribution in [1.29, 1.82) is 0 Å². The van der Waals surface area contributed by atoms with Crippen LogP contribution in [0.15, 0.2) is 12.3 Å². The average molecular weight is 286 g/mol. The Labute approximate surface area is 116 Å². The van der Waals surface area contributed by atoms with Crippen molar-refractivity contribution in [1.82, 2.24) is 10.3 Å². The Morgan fingerprint density at radius 3 is 2.84 bits per heavy atom. The van der Waals surface area contributed by atoms with E-state index >= 15 is 0 Å². The van der Waals surface area contributed by atoms with Crippen LogP contribution in [0.1, 0.15) is 37.0 Å². The molecule has 0 fully saturated rings. The second kappa shape index (κ2) is 7.04. The Kier molecular flexibility index (Phi) is 5.69. The van der Waals surface area contributed by atoms with Crippen LogP contribution in [0.3, 0.4) is 0 Å². The van der Waals surface area contributed by atoms with E-state index in [1.807, 2.05) is 0 Å². The van der Waals surface area contributed by atoms with Crippen LogP contribution in [0.2, 0.25) is 5.15 Å². The van der Waals surface area contributed by atoms with Crippen LogP contribution in [0.25, 0.3) is 0 Å². The highest BCUT2D eigenvalue weighted by atomic mass is 35.5. The number of halogens is 1. The summed E-state index contributed by atoms with van der Waals surface area (Å²) < 4.78 is 0. The molecule has 1 aromatic heterocycles. The molecule has 0 atom stereocenters. The molecule has 0 saturated heterocycles. The third-order valence-electron chi connectivity index (χ3n) is 2.53. The SMILES string of the molecule is CC(C)CCCNC(=O)c1cc(Cl)ncc1[N+](=O)[O-]. The van der Waals surface area contributed by atoms with Gasteiger partial charge in [0.05, 0.1) is 4.92 Å². The first kappa shape index (κ1) is 15.4. The molecule has 0 radical (unpaired) electrons. The molecule has 0 aliphatic heterocycles. The minimum Gasteiger partial charge on any atom is -0.352 e. The van der Waals surface area contributed by atoms with E-state index in [9.17, 15) is 14.9 Å². The molecule has 1 heterocycles. The Morgan fingerprint density at radius 2 is 2.26 bits per heavy atom. The number of carbonyl (C=O) groups excluding carboxylic acids is 1. The molecule has 1 aromatic rings. The van der Waals surface area contributed by atoms with Gasteiger partial charge in [0.25, 0.3) is 11.6 Å². The number of nitro groups is 1. The van der Waals surface area contributed by atoms with E-state index in [1.165, 1.54) is 6.07 Å². The summed E-state index contributed by atoms with van der Waals surface area (Å²) in [4.78, 5) is 25.6. The van der Waals surface area contributed by atoms with Crippen molar-refractivity contribution in [2.45, 2.75) is 26.7 Å². The Bertz CT molecular complexity index is 477. The van der Waals surface area contributed by atoms with E-state index in [-0.39, 0.29) is 16.4 Å². The molecule has 0 saturated carbocycles. The summed E-state index contributed by atoms with van der Waals surface area (Å²) in [5.41, 5.74) is -0.402. The number of hydrogen-bond donors (Lipinski definition) is 1. The van der Waals surface area contributed by atoms with Gasteiger partial charge in [-0.15, -0.1) is 0 Å². The number of hydrogen-bond acceptors (Lipinski definition) is 4. The fraction of sp³-hybridized carbons (Fsp3) is 0.500. The van der Waals surface area contributed by atoms with Gasteiger partial charge in [0, 0.05) is 6.54 Å². The second-order valence-corrected chi connectivity index (χ2v) is 4.96. The lowest BCUT2D eigenvalue weighted by atomic mass is 10.1. The van der Waals surface area contributed by atoms with Crippen molar-refractivity contribution in [3.63, 3.8) is 0 Å². The van der Waals surface area contributed by atoms with Gasteiger partial charge in [-0.2, -0.15) is 0 Å². The number of rotatable bonds is 6. The zero-order chi connectivity index (χ0) is 14.4. The molecule has 104 valence electrons. The van der Waals surface area contributed by atoms with Gasteiger partial charge < -0.3 is 5.32 Å². The minimum absolute atomic E-state index is 0.0536. The largest absolute Gasteiger partial charge is 0.352 e. The molecule has 1 N–H and O–H groups in total. The van der Waals surface area contributed by atoms with E-state index in [2.05, 4.69) is 24.1 Å². The number of aromatic nitrogens is 1. The van der Waals surface area contributed by atoms with Crippen LogP contribution in [0.5, 0.6) is 0 Å². The van der Waals surface area contributed by atoms with Crippen LogP contribution in [-0.2, 0) is 0 Å². The minimum atomic E-state index is -0.646. The number of amides is 1. The maximum atomic E-state index is 11.9. The van der Waals surface area contributed by atoms with E-state index in [0.29, 0.717) is 12.5 Å². The highest BCUT2D eigenvalue weighted by Crippen LogP contribution is 2.20. The maximum Gasteiger partial charge on any atom is 0.300 e. The van der Waals surface area contributed by atoms with Crippen LogP contribution >= 0.6 is 11.6 Å². The van der Waals surface area contributed by atoms with Crippen molar-refractivity contribution in [2.75, 3.05) is 6.54 Å². The summed E-state index contributed by atoms with van der Waals surface area (Å²) in [6.45, 7) is 4.67. The van der Waals surface area contributed by atoms with Crippen LogP contribution < -0.4 is 5.32 Å². The Morgan fingerprint density at radius 1 is 1.58 bits per heavy atom. The van der Waals surface area contributed by atoms with Gasteiger partial charge in [-0.05, 0) is 24.8 Å². The third-order valence-corrected chi connectivity index (χ3v) is 2.74. The van der Waals surface area contributed by atoms with Crippen molar-refractivity contribution in [3.8, 4) is 0 Å². The van der Waals surface area contributed by atoms with E-state index in [4.69, 9.17) is 11.6 Å². The smallest absolute Gasteiger partial charge is 0.300 e. The number of nitrogens with one attached hydrogen (secondary N) is 1. The molecular weight excluding hydrogens is 270 g/mol. The van der Waals surface area contributed by atoms with Gasteiger partial charge in [0.2, 0.25) is 0 Å². The quantitative estimate of drug-likeness (QED) is 0.377. The summed E-state index contributed by atoms with van der Waals surface area (Å²) in [5, 5.41) is 13.5. The van der Waals surface area contributed by atoms with Crippen LogP contribution in [0, 0.1) is 16.0 Å². The van der Waals surface area contributed by atoms with Gasteiger partial charge in [0.15, 0.2) is 0 Å². The summed E-state index contributed by atoms with van der Waals surface area (Å²) >= 11 is 5.65. The van der Waals surface area contributed by atoms with Gasteiger partial charge in [-0.3, -0.25) is 14.9 Å². The first-order valence-corrected chi connectivity index (χ1v) is 6.37. The lowest BCUT2D eigenvalue weighted by Crippen LogP contribution is -2.25. The standard InChI is InChI=1S/C12H16ClN3O3/c1-8(2)4-3-5-14-12(17)9-6-11(13)15-7-10(9)16(18)19/h6-8H,3-5H2,1-2H3,(H,14,17). The van der Waals surface area contributed by atoms with Gasteiger partial charge in [-0.25, -0.2) is 4.98 Å². The van der Waals surface area contributed by atoms with Crippen molar-refractivity contribution in [2.24, 2.45) is 5.92 Å². The average Bonchev–Trinajstić information content (AvgIpc) is 2.33. The molecule has 6 nitrogen and oxygen atoms in total. The third kappa shape index (κ3) is 4.82. The summed E-state index contributed by atoms with van der Waals surface area (Å²) in [5.74, 6) is 0.0568. The maximum absolute atomic E-state index is 11.9. The van der Waals surface area contributed by atoms with Crippen molar-refractivity contribution < 1.29 is 9.72 Å². The molecule has 0 aliphatic rings. The molecule has 1 rings (SSSR count). The summed E-state index contributed by atoms with van der Waals surface area (Å²) in [6, 6.07) is 1.21. The van der Waals surface area contributed by atoms with Gasteiger partial charge >= 0.3 is 0 Å². The molecule has 19 heavy (non-hydrogen) atoms. The van der Waals surface area contributed by atoms with Gasteiger partial charge in [-0.1, -0.05) is 25.4 Å². The molecule has 0 aromatic carbocycles. The fourth-order valence-corrected chi connectivity index (χ4v) is 1.72. The Hall–Kier alpha value is -1.69. The molecule has 0 aliphatic carbocycles. The summed E-state index contributed by atoms with van der Waals surface area (Å²) in [7, 11) is 0. The number of carbonyl (C=O) groups is 1. The predicted molar refractivity (Wildman–Crippen MR) is 72.3 cm³/mol. The molecule has 7 heteroatoms. The topological polar surface area (TPSA) is 85.1 Å². The summed E-state index contributed by atoms with van der Waals surface area (Å²) in [6.07, 6.45) is 2.81. The zero-order valence-corrected chi connectivity index (χ0v) is 11.6. The predicted octanol–water partition coefficient (Wildman–Crippen LogP) is 2.81. The van der Waals surface area contributed by atoms with Gasteiger partial charge in [0.1, 0.15) is 16.9 Å². The van der Waals surface area contributed by atoms with E-state index < -0.39 is 10.8 Å². The normalized spacial score (nSPS) is 10.5. The van der Waals surface area contributed by atoms with Crippen molar-refractivity contribution in [3.05, 3.63) is 33.1 Å². The first-order chi connectivity index (χ1) is 8.91. The van der Waals surface area contributed by atoms with E-state index in [1.54, 1.807) is 0 Å². The highest BCUT2D eigenvalue weighted by molar-refractivity contribution is 6.29. The highest BCUT2D eigenvalue weighted by Gasteiger charge is 2.20. The molecule has 0 bridgehead atoms. The number of nitrogens with zero attached hydrogens (tertiary/aromatic N) is 2. The number of pyridine rings is 1. The zero-order valence-electron chi connectivity index (χ0n) is 10.9. The molecule has 1 amide bonds. The molecule has 0 spiro atoms. The lowest BCUT2D eigenvalue weighted by Gasteiger charge is -2.07. The first-order valence-electron chi connectivity index (χ1n) is 6.00.